The molecule has 0 N–H and O–H groups in total. The van der Waals surface area contributed by atoms with Crippen LogP contribution in [0.3, 0.4) is 0 Å². The predicted octanol–water partition coefficient (Wildman–Crippen LogP) is 35.3. The van der Waals surface area contributed by atoms with E-state index in [9.17, 15) is 0 Å². The zero-order chi connectivity index (χ0) is 89.7. The molecule has 0 bridgehead atoms. The van der Waals surface area contributed by atoms with E-state index in [1.54, 1.807) is 0 Å². The summed E-state index contributed by atoms with van der Waals surface area (Å²) in [5.41, 5.74) is 44.3. The molecule has 134 heavy (non-hydrogen) atoms. The van der Waals surface area contributed by atoms with E-state index < -0.39 is 10.8 Å². The van der Waals surface area contributed by atoms with Crippen molar-refractivity contribution >= 4 is 133 Å². The van der Waals surface area contributed by atoms with Gasteiger partial charge in [0.1, 0.15) is 0 Å². The minimum atomic E-state index is -0.766. The third kappa shape index (κ3) is 11.4. The molecule has 0 amide bonds. The van der Waals surface area contributed by atoms with Crippen molar-refractivity contribution in [3.63, 3.8) is 0 Å². The van der Waals surface area contributed by atoms with Crippen molar-refractivity contribution in [3.8, 4) is 55.6 Å². The lowest BCUT2D eigenvalue weighted by Gasteiger charge is -2.34. The molecule has 0 saturated carbocycles. The molecule has 4 heteroatoms. The number of hydrogen-bond acceptors (Lipinski definition) is 4. The van der Waals surface area contributed by atoms with Crippen molar-refractivity contribution in [3.05, 3.63) is 514 Å². The van der Waals surface area contributed by atoms with E-state index in [1.165, 1.54) is 198 Å². The van der Waals surface area contributed by atoms with E-state index in [0.717, 1.165) is 79.4 Å². The molecule has 0 radical (unpaired) electrons. The van der Waals surface area contributed by atoms with Gasteiger partial charge in [-0.2, -0.15) is 0 Å². The van der Waals surface area contributed by atoms with Gasteiger partial charge in [-0.3, -0.25) is 0 Å². The highest BCUT2D eigenvalue weighted by Crippen LogP contribution is 2.71. The van der Waals surface area contributed by atoms with Gasteiger partial charge >= 0.3 is 0 Å². The SMILES string of the molecule is Cc1ccc(N(c2cccc(-c3cccc(N(c4cc(C)ccc4C)c4cc5c(c6ccccc46)-c4c(c6ccc(N(c7ccccc7)c7cc(C)ccc7C)cc6c6ccccc46)C54c5ccccc5-c5ccccc54)c3)c2)c2ccc3c4c(c5ccccc5c3c2)-c2c(cc(N(c3ccccc3)c3ccc(C)cc3C)c3ccccc23)C42c3ccccc3-c3ccccc32)c(C)c1. The fourth-order valence-corrected chi connectivity index (χ4v) is 24.5. The highest BCUT2D eigenvalue weighted by molar-refractivity contribution is 6.27. The van der Waals surface area contributed by atoms with Gasteiger partial charge in [0.15, 0.2) is 0 Å². The Hall–Kier alpha value is -16.4. The molecule has 0 unspecified atom stereocenters. The van der Waals surface area contributed by atoms with E-state index in [1.807, 2.05) is 0 Å². The average molecular weight is 1710 g/mol. The van der Waals surface area contributed by atoms with Crippen molar-refractivity contribution in [1.29, 1.82) is 0 Å². The van der Waals surface area contributed by atoms with Gasteiger partial charge in [0, 0.05) is 67.6 Å². The zero-order valence-corrected chi connectivity index (χ0v) is 76.2. The third-order valence-electron chi connectivity index (χ3n) is 30.0. The molecule has 2 spiro atoms. The Morgan fingerprint density at radius 3 is 0.881 bits per heavy atom. The maximum absolute atomic E-state index is 2.64. The Balaban J connectivity index is 0.669. The van der Waals surface area contributed by atoms with Crippen LogP contribution in [-0.2, 0) is 10.8 Å². The lowest BCUT2D eigenvalue weighted by molar-refractivity contribution is 0.802. The van der Waals surface area contributed by atoms with Gasteiger partial charge < -0.3 is 19.6 Å². The Bertz CT molecular complexity index is 8680. The van der Waals surface area contributed by atoms with Crippen LogP contribution in [0.2, 0.25) is 0 Å². The van der Waals surface area contributed by atoms with Crippen LogP contribution in [0.5, 0.6) is 0 Å². The second-order valence-electron chi connectivity index (χ2n) is 37.7. The molecular weight excluding hydrogens is 1620 g/mol. The topological polar surface area (TPSA) is 13.0 Å². The normalized spacial score (nSPS) is 13.0. The van der Waals surface area contributed by atoms with Crippen LogP contribution < -0.4 is 19.6 Å². The molecule has 0 fully saturated rings. The molecule has 22 aromatic carbocycles. The number of hydrogen-bond donors (Lipinski definition) is 0. The van der Waals surface area contributed by atoms with Crippen LogP contribution in [-0.4, -0.2) is 0 Å². The molecule has 0 aromatic heterocycles. The minimum Gasteiger partial charge on any atom is -0.310 e. The monoisotopic (exact) mass is 1710 g/mol. The summed E-state index contributed by atoms with van der Waals surface area (Å²) in [6.07, 6.45) is 0. The first-order chi connectivity index (χ1) is 65.8. The summed E-state index contributed by atoms with van der Waals surface area (Å²) >= 11 is 0. The van der Waals surface area contributed by atoms with Gasteiger partial charge in [0.05, 0.1) is 22.2 Å². The molecule has 634 valence electrons. The number of rotatable bonds is 13. The summed E-state index contributed by atoms with van der Waals surface area (Å²) in [5, 5.41) is 14.6. The van der Waals surface area contributed by atoms with Crippen molar-refractivity contribution < 1.29 is 0 Å². The predicted molar refractivity (Wildman–Crippen MR) is 566 cm³/mol. The zero-order valence-electron chi connectivity index (χ0n) is 76.2. The highest BCUT2D eigenvalue weighted by atomic mass is 15.2. The lowest BCUT2D eigenvalue weighted by atomic mass is 9.69. The smallest absolute Gasteiger partial charge is 0.0732 e. The van der Waals surface area contributed by atoms with E-state index in [0.29, 0.717) is 0 Å². The van der Waals surface area contributed by atoms with Crippen LogP contribution in [0, 0.1) is 55.4 Å². The summed E-state index contributed by atoms with van der Waals surface area (Å²) in [6, 6.07) is 163. The Morgan fingerprint density at radius 2 is 0.463 bits per heavy atom. The standard InChI is InChI=1S/C130H94N4/c1-79-59-67-117(85(7)69-79)132(94-64-66-108-110(76-94)96-42-16-20-50-104(96)125-123-105-51-21-17-47-101(105)121(133(90-37-13-10-14-38-90)118-68-60-80(2)70-86(118)8)77-115(123)129(128(108)125)111-53-27-23-43-97(111)98-44-24-28-54-112(98)129)91-39-31-33-87(73-91)88-34-32-40-92(74-88)134(120-72-82(4)58-62-84(120)6)122-78-116-124(106-52-22-18-48-102(106)122)126-103-49-19-15-41-95(103)109-75-93(131(89-35-11-9-12-36-89)119-71-81(3)57-61-83(119)5)63-65-107(109)127(126)130(116)113-55-29-25-45-99(113)100-46-26-30-56-114(100)130/h9-78H,1-8H3. The van der Waals surface area contributed by atoms with Crippen LogP contribution in [0.15, 0.2) is 425 Å². The molecular formula is C130H94N4. The minimum absolute atomic E-state index is 0.740. The molecule has 0 aliphatic heterocycles. The molecule has 0 saturated heterocycles. The molecule has 0 heterocycles. The highest BCUT2D eigenvalue weighted by Gasteiger charge is 2.56. The van der Waals surface area contributed by atoms with E-state index >= 15 is 0 Å². The number of anilines is 12. The largest absolute Gasteiger partial charge is 0.310 e. The first-order valence-electron chi connectivity index (χ1n) is 47.1. The average Bonchev–Trinajstić information content (AvgIpc) is 1.49. The van der Waals surface area contributed by atoms with Crippen molar-refractivity contribution in [1.82, 2.24) is 0 Å². The van der Waals surface area contributed by atoms with Crippen LogP contribution >= 0.6 is 0 Å². The second kappa shape index (κ2) is 30.1. The Kier molecular flexibility index (Phi) is 17.6. The molecule has 4 aliphatic carbocycles. The number of nitrogens with zero attached hydrogens (tertiary/aromatic N) is 4. The summed E-state index contributed by atoms with van der Waals surface area (Å²) in [5.74, 6) is 0. The first kappa shape index (κ1) is 78.6. The van der Waals surface area contributed by atoms with Gasteiger partial charge in [-0.15, -0.1) is 0 Å². The summed E-state index contributed by atoms with van der Waals surface area (Å²) in [4.78, 5) is 10.1. The third-order valence-corrected chi connectivity index (χ3v) is 30.0. The Labute approximate surface area is 782 Å². The van der Waals surface area contributed by atoms with Crippen LogP contribution in [0.4, 0.5) is 68.2 Å². The lowest BCUT2D eigenvalue weighted by Crippen LogP contribution is -2.26. The van der Waals surface area contributed by atoms with E-state index in [4.69, 9.17) is 0 Å². The molecule has 26 rings (SSSR count). The van der Waals surface area contributed by atoms with Crippen LogP contribution in [0.1, 0.15) is 89.0 Å². The maximum atomic E-state index is 2.64. The summed E-state index contributed by atoms with van der Waals surface area (Å²) < 4.78 is 0. The maximum Gasteiger partial charge on any atom is 0.0732 e. The van der Waals surface area contributed by atoms with E-state index in [2.05, 4.69) is 500 Å². The van der Waals surface area contributed by atoms with Crippen molar-refractivity contribution in [2.75, 3.05) is 19.6 Å². The first-order valence-corrected chi connectivity index (χ1v) is 47.1. The molecule has 4 aliphatic rings. The van der Waals surface area contributed by atoms with Gasteiger partial charge in [0.2, 0.25) is 0 Å². The fourth-order valence-electron chi connectivity index (χ4n) is 24.5. The quantitative estimate of drug-likeness (QED) is 0.107. The van der Waals surface area contributed by atoms with Gasteiger partial charge in [-0.1, -0.05) is 327 Å². The molecule has 0 atom stereocenters. The molecule has 22 aromatic rings. The molecule has 4 nitrogen and oxygen atoms in total. The number of benzene rings is 22. The summed E-state index contributed by atoms with van der Waals surface area (Å²) in [7, 11) is 0. The van der Waals surface area contributed by atoms with Gasteiger partial charge in [-0.25, -0.2) is 0 Å². The van der Waals surface area contributed by atoms with E-state index in [-0.39, 0.29) is 0 Å². The van der Waals surface area contributed by atoms with Crippen LogP contribution in [0.25, 0.3) is 120 Å². The van der Waals surface area contributed by atoms with Gasteiger partial charge in [-0.05, 0) is 352 Å². The number of aryl methyl sites for hydroxylation is 8. The Morgan fingerprint density at radius 1 is 0.157 bits per heavy atom. The van der Waals surface area contributed by atoms with Gasteiger partial charge in [0.25, 0.3) is 0 Å². The number of fused-ring (bicyclic) bond motifs is 34. The number of para-hydroxylation sites is 2. The second-order valence-corrected chi connectivity index (χ2v) is 37.7. The summed E-state index contributed by atoms with van der Waals surface area (Å²) in [6.45, 7) is 17.9. The van der Waals surface area contributed by atoms with Crippen molar-refractivity contribution in [2.45, 2.75) is 66.2 Å². The fraction of sp³-hybridized carbons (Fsp3) is 0.0769. The van der Waals surface area contributed by atoms with Crippen molar-refractivity contribution in [2.24, 2.45) is 0 Å².